The highest BCUT2D eigenvalue weighted by Crippen LogP contribution is 2.31. The fraction of sp³-hybridized carbons (Fsp3) is 0.200. The predicted molar refractivity (Wildman–Crippen MR) is 81.2 cm³/mol. The van der Waals surface area contributed by atoms with Gasteiger partial charge in [-0.05, 0) is 35.9 Å². The molecule has 0 saturated heterocycles. The van der Waals surface area contributed by atoms with Crippen molar-refractivity contribution in [2.24, 2.45) is 0 Å². The summed E-state index contributed by atoms with van der Waals surface area (Å²) in [5.74, 6) is 1.59. The van der Waals surface area contributed by atoms with E-state index in [1.165, 1.54) is 0 Å². The highest BCUT2D eigenvalue weighted by atomic mass is 35.5. The normalized spacial score (nSPS) is 13.1. The van der Waals surface area contributed by atoms with Crippen LogP contribution in [0, 0.1) is 0 Å². The predicted octanol–water partition coefficient (Wildman–Crippen LogP) is 4.38. The zero-order valence-electron chi connectivity index (χ0n) is 10.7. The minimum absolute atomic E-state index is 0.590. The van der Waals surface area contributed by atoms with Crippen LogP contribution in [0.3, 0.4) is 0 Å². The van der Waals surface area contributed by atoms with Crippen LogP contribution in [0.1, 0.15) is 5.56 Å². The van der Waals surface area contributed by atoms with Gasteiger partial charge >= 0.3 is 0 Å². The molecule has 1 heterocycles. The maximum absolute atomic E-state index is 6.12. The number of nitrogens with one attached hydrogen (secondary N) is 1. The summed E-state index contributed by atoms with van der Waals surface area (Å²) in [5, 5.41) is 4.51. The second kappa shape index (κ2) is 5.81. The van der Waals surface area contributed by atoms with Crippen molar-refractivity contribution in [2.75, 3.05) is 18.5 Å². The van der Waals surface area contributed by atoms with E-state index in [0.717, 1.165) is 22.7 Å². The lowest BCUT2D eigenvalue weighted by atomic mass is 10.2. The van der Waals surface area contributed by atoms with Gasteiger partial charge in [0.05, 0.1) is 10.7 Å². The Morgan fingerprint density at radius 2 is 1.75 bits per heavy atom. The van der Waals surface area contributed by atoms with Crippen molar-refractivity contribution in [3.63, 3.8) is 0 Å². The van der Waals surface area contributed by atoms with Crippen molar-refractivity contribution in [1.29, 1.82) is 0 Å². The lowest BCUT2D eigenvalue weighted by Crippen LogP contribution is -2.15. The smallest absolute Gasteiger partial charge is 0.161 e. The quantitative estimate of drug-likeness (QED) is 0.913. The Morgan fingerprint density at radius 1 is 0.950 bits per heavy atom. The van der Waals surface area contributed by atoms with Gasteiger partial charge in [0.25, 0.3) is 0 Å². The molecule has 1 aliphatic heterocycles. The molecule has 5 heteroatoms. The van der Waals surface area contributed by atoms with Gasteiger partial charge in [-0.15, -0.1) is 0 Å². The molecule has 1 N–H and O–H groups in total. The van der Waals surface area contributed by atoms with Gasteiger partial charge in [0.1, 0.15) is 13.2 Å². The minimum Gasteiger partial charge on any atom is -0.486 e. The van der Waals surface area contributed by atoms with Gasteiger partial charge < -0.3 is 14.8 Å². The van der Waals surface area contributed by atoms with E-state index in [4.69, 9.17) is 32.7 Å². The summed E-state index contributed by atoms with van der Waals surface area (Å²) in [5.41, 5.74) is 1.95. The topological polar surface area (TPSA) is 30.5 Å². The first kappa shape index (κ1) is 13.4. The lowest BCUT2D eigenvalue weighted by Gasteiger charge is -2.19. The zero-order valence-corrected chi connectivity index (χ0v) is 12.2. The Kier molecular flexibility index (Phi) is 3.90. The van der Waals surface area contributed by atoms with Crippen LogP contribution < -0.4 is 14.8 Å². The van der Waals surface area contributed by atoms with E-state index in [0.29, 0.717) is 29.8 Å². The number of rotatable bonds is 3. The summed E-state index contributed by atoms with van der Waals surface area (Å²) < 4.78 is 11.1. The standard InChI is InChI=1S/C15H13Cl2NO2/c16-11-2-3-13(12(17)8-11)18-9-10-1-4-14-15(7-10)20-6-5-19-14/h1-4,7-8,18H,5-6,9H2. The number of halogens is 2. The van der Waals surface area contributed by atoms with Crippen LogP contribution >= 0.6 is 23.2 Å². The van der Waals surface area contributed by atoms with E-state index in [1.807, 2.05) is 24.3 Å². The molecule has 20 heavy (non-hydrogen) atoms. The van der Waals surface area contributed by atoms with Gasteiger partial charge in [0.2, 0.25) is 0 Å². The molecule has 0 amide bonds. The van der Waals surface area contributed by atoms with E-state index in [1.54, 1.807) is 12.1 Å². The van der Waals surface area contributed by atoms with Crippen LogP contribution in [0.2, 0.25) is 10.0 Å². The molecule has 0 atom stereocenters. The molecular weight excluding hydrogens is 297 g/mol. The van der Waals surface area contributed by atoms with Crippen molar-refractivity contribution in [3.05, 3.63) is 52.0 Å². The Bertz CT molecular complexity index is 631. The summed E-state index contributed by atoms with van der Waals surface area (Å²) in [6.45, 7) is 1.84. The SMILES string of the molecule is Clc1ccc(NCc2ccc3c(c2)OCCO3)c(Cl)c1. The second-order valence-electron chi connectivity index (χ2n) is 4.46. The summed E-state index contributed by atoms with van der Waals surface area (Å²) in [6.07, 6.45) is 0. The van der Waals surface area contributed by atoms with Crippen molar-refractivity contribution in [1.82, 2.24) is 0 Å². The summed E-state index contributed by atoms with van der Waals surface area (Å²) in [6, 6.07) is 11.3. The number of benzene rings is 2. The van der Waals surface area contributed by atoms with Gasteiger partial charge in [0.15, 0.2) is 11.5 Å². The van der Waals surface area contributed by atoms with Crippen LogP contribution in [-0.4, -0.2) is 13.2 Å². The van der Waals surface area contributed by atoms with Crippen LogP contribution in [0.15, 0.2) is 36.4 Å². The third-order valence-corrected chi connectivity index (χ3v) is 3.57. The molecule has 0 aromatic heterocycles. The number of ether oxygens (including phenoxy) is 2. The van der Waals surface area contributed by atoms with Gasteiger partial charge in [0, 0.05) is 11.6 Å². The molecular formula is C15H13Cl2NO2. The van der Waals surface area contributed by atoms with Crippen LogP contribution in [0.5, 0.6) is 11.5 Å². The molecule has 3 rings (SSSR count). The fourth-order valence-corrected chi connectivity index (χ4v) is 2.50. The molecule has 2 aromatic rings. The third kappa shape index (κ3) is 2.94. The van der Waals surface area contributed by atoms with Gasteiger partial charge in [-0.3, -0.25) is 0 Å². The highest BCUT2D eigenvalue weighted by Gasteiger charge is 2.11. The molecule has 1 aliphatic rings. The maximum Gasteiger partial charge on any atom is 0.161 e. The van der Waals surface area contributed by atoms with Crippen LogP contribution in [0.4, 0.5) is 5.69 Å². The maximum atomic E-state index is 6.12. The van der Waals surface area contributed by atoms with E-state index >= 15 is 0 Å². The molecule has 0 saturated carbocycles. The van der Waals surface area contributed by atoms with Crippen LogP contribution in [-0.2, 0) is 6.54 Å². The van der Waals surface area contributed by atoms with Crippen molar-refractivity contribution in [2.45, 2.75) is 6.54 Å². The largest absolute Gasteiger partial charge is 0.486 e. The number of anilines is 1. The fourth-order valence-electron chi connectivity index (χ4n) is 2.03. The second-order valence-corrected chi connectivity index (χ2v) is 5.30. The molecule has 0 unspecified atom stereocenters. The number of hydrogen-bond donors (Lipinski definition) is 1. The molecule has 0 spiro atoms. The van der Waals surface area contributed by atoms with Gasteiger partial charge in [-0.2, -0.15) is 0 Å². The third-order valence-electron chi connectivity index (χ3n) is 3.02. The number of fused-ring (bicyclic) bond motifs is 1. The Morgan fingerprint density at radius 3 is 2.55 bits per heavy atom. The molecule has 104 valence electrons. The molecule has 0 aliphatic carbocycles. The van der Waals surface area contributed by atoms with Crippen molar-refractivity contribution < 1.29 is 9.47 Å². The first-order valence-corrected chi connectivity index (χ1v) is 7.05. The summed E-state index contributed by atoms with van der Waals surface area (Å²) in [4.78, 5) is 0. The lowest BCUT2D eigenvalue weighted by molar-refractivity contribution is 0.171. The average Bonchev–Trinajstić information content (AvgIpc) is 2.46. The zero-order chi connectivity index (χ0) is 13.9. The molecule has 0 bridgehead atoms. The summed E-state index contributed by atoms with van der Waals surface area (Å²) >= 11 is 12.0. The number of hydrogen-bond acceptors (Lipinski definition) is 3. The van der Waals surface area contributed by atoms with E-state index < -0.39 is 0 Å². The summed E-state index contributed by atoms with van der Waals surface area (Å²) in [7, 11) is 0. The Balaban J connectivity index is 1.72. The van der Waals surface area contributed by atoms with E-state index in [-0.39, 0.29) is 0 Å². The van der Waals surface area contributed by atoms with Crippen molar-refractivity contribution >= 4 is 28.9 Å². The van der Waals surface area contributed by atoms with E-state index in [9.17, 15) is 0 Å². The Hall–Kier alpha value is -1.58. The van der Waals surface area contributed by atoms with Gasteiger partial charge in [-0.1, -0.05) is 29.3 Å². The highest BCUT2D eigenvalue weighted by molar-refractivity contribution is 6.36. The first-order chi connectivity index (χ1) is 9.72. The minimum atomic E-state index is 0.590. The Labute approximate surface area is 127 Å². The first-order valence-electron chi connectivity index (χ1n) is 6.30. The average molecular weight is 310 g/mol. The van der Waals surface area contributed by atoms with E-state index in [2.05, 4.69) is 5.32 Å². The van der Waals surface area contributed by atoms with Gasteiger partial charge in [-0.25, -0.2) is 0 Å². The molecule has 0 fully saturated rings. The molecule has 2 aromatic carbocycles. The van der Waals surface area contributed by atoms with Crippen molar-refractivity contribution in [3.8, 4) is 11.5 Å². The van der Waals surface area contributed by atoms with Crippen LogP contribution in [0.25, 0.3) is 0 Å². The monoisotopic (exact) mass is 309 g/mol. The molecule has 3 nitrogen and oxygen atoms in total. The molecule has 0 radical (unpaired) electrons.